The summed E-state index contributed by atoms with van der Waals surface area (Å²) in [6, 6.07) is 5.76. The SMILES string of the molecule is CC(C)C1CCCC2(CC(=O)c3cc(Br)ccc3O2)C1. The molecule has 0 saturated heterocycles. The topological polar surface area (TPSA) is 26.3 Å². The van der Waals surface area contributed by atoms with Crippen LogP contribution in [0, 0.1) is 11.8 Å². The summed E-state index contributed by atoms with van der Waals surface area (Å²) < 4.78 is 7.26. The maximum atomic E-state index is 12.5. The van der Waals surface area contributed by atoms with Gasteiger partial charge in [0.15, 0.2) is 5.78 Å². The van der Waals surface area contributed by atoms with E-state index in [2.05, 4.69) is 29.8 Å². The first-order valence-electron chi connectivity index (χ1n) is 7.51. The van der Waals surface area contributed by atoms with Crippen LogP contribution in [0.1, 0.15) is 56.3 Å². The van der Waals surface area contributed by atoms with Gasteiger partial charge in [0.2, 0.25) is 0 Å². The van der Waals surface area contributed by atoms with Gasteiger partial charge in [0, 0.05) is 4.47 Å². The summed E-state index contributed by atoms with van der Waals surface area (Å²) in [5.41, 5.74) is 0.488. The number of hydrogen-bond acceptors (Lipinski definition) is 2. The molecule has 1 fully saturated rings. The maximum Gasteiger partial charge on any atom is 0.170 e. The van der Waals surface area contributed by atoms with Gasteiger partial charge in [0.1, 0.15) is 11.4 Å². The van der Waals surface area contributed by atoms with Crippen LogP contribution >= 0.6 is 15.9 Å². The molecule has 3 heteroatoms. The summed E-state index contributed by atoms with van der Waals surface area (Å²) in [6.45, 7) is 4.55. The predicted molar refractivity (Wildman–Crippen MR) is 83.2 cm³/mol. The fourth-order valence-corrected chi connectivity index (χ4v) is 4.02. The van der Waals surface area contributed by atoms with Crippen molar-refractivity contribution < 1.29 is 9.53 Å². The molecule has 2 aliphatic rings. The smallest absolute Gasteiger partial charge is 0.170 e. The normalized spacial score (nSPS) is 29.4. The first kappa shape index (κ1) is 14.1. The summed E-state index contributed by atoms with van der Waals surface area (Å²) in [6.07, 6.45) is 5.01. The van der Waals surface area contributed by atoms with E-state index in [1.54, 1.807) is 0 Å². The van der Waals surface area contributed by atoms with Crippen LogP contribution in [0.25, 0.3) is 0 Å². The van der Waals surface area contributed by atoms with Crippen molar-refractivity contribution >= 4 is 21.7 Å². The van der Waals surface area contributed by atoms with Gasteiger partial charge in [-0.1, -0.05) is 29.8 Å². The molecule has 2 atom stereocenters. The molecule has 1 aliphatic carbocycles. The number of hydrogen-bond donors (Lipinski definition) is 0. The van der Waals surface area contributed by atoms with Crippen molar-refractivity contribution in [1.29, 1.82) is 0 Å². The van der Waals surface area contributed by atoms with E-state index in [1.807, 2.05) is 18.2 Å². The van der Waals surface area contributed by atoms with E-state index >= 15 is 0 Å². The molecular weight excluding hydrogens is 316 g/mol. The molecule has 1 heterocycles. The minimum absolute atomic E-state index is 0.233. The Labute approximate surface area is 129 Å². The average molecular weight is 337 g/mol. The van der Waals surface area contributed by atoms with E-state index in [0.29, 0.717) is 18.3 Å². The van der Waals surface area contributed by atoms with Gasteiger partial charge in [0.05, 0.1) is 12.0 Å². The van der Waals surface area contributed by atoms with E-state index in [0.717, 1.165) is 28.6 Å². The summed E-state index contributed by atoms with van der Waals surface area (Å²) in [5, 5.41) is 0. The van der Waals surface area contributed by atoms with Gasteiger partial charge in [-0.2, -0.15) is 0 Å². The molecule has 1 aromatic carbocycles. The Morgan fingerprint density at radius 1 is 1.40 bits per heavy atom. The van der Waals surface area contributed by atoms with Crippen LogP contribution in [0.15, 0.2) is 22.7 Å². The number of benzene rings is 1. The highest BCUT2D eigenvalue weighted by Gasteiger charge is 2.44. The number of ketones is 1. The molecular formula is C17H21BrO2. The molecule has 1 saturated carbocycles. The molecule has 2 nitrogen and oxygen atoms in total. The number of carbonyl (C=O) groups is 1. The van der Waals surface area contributed by atoms with Gasteiger partial charge in [-0.05, 0) is 55.7 Å². The number of fused-ring (bicyclic) bond motifs is 1. The Hall–Kier alpha value is -0.830. The Kier molecular flexibility index (Phi) is 3.65. The molecule has 108 valence electrons. The molecule has 0 aromatic heterocycles. The minimum Gasteiger partial charge on any atom is -0.486 e. The van der Waals surface area contributed by atoms with Crippen LogP contribution in [0.4, 0.5) is 0 Å². The molecule has 1 aromatic rings. The molecule has 1 spiro atoms. The first-order chi connectivity index (χ1) is 9.49. The van der Waals surface area contributed by atoms with Gasteiger partial charge in [-0.25, -0.2) is 0 Å². The van der Waals surface area contributed by atoms with Gasteiger partial charge >= 0.3 is 0 Å². The summed E-state index contributed by atoms with van der Waals surface area (Å²) in [7, 11) is 0. The number of halogens is 1. The number of Topliss-reactive ketones (excluding diaryl/α,β-unsaturated/α-hetero) is 1. The van der Waals surface area contributed by atoms with Crippen molar-refractivity contribution in [3.05, 3.63) is 28.2 Å². The zero-order chi connectivity index (χ0) is 14.3. The number of ether oxygens (including phenoxy) is 1. The second kappa shape index (κ2) is 5.18. The van der Waals surface area contributed by atoms with Crippen LogP contribution in [0.2, 0.25) is 0 Å². The highest BCUT2D eigenvalue weighted by molar-refractivity contribution is 9.10. The van der Waals surface area contributed by atoms with E-state index in [-0.39, 0.29) is 11.4 Å². The van der Waals surface area contributed by atoms with E-state index < -0.39 is 0 Å². The van der Waals surface area contributed by atoms with Gasteiger partial charge in [-0.3, -0.25) is 4.79 Å². The summed E-state index contributed by atoms with van der Waals surface area (Å²) in [4.78, 5) is 12.5. The Morgan fingerprint density at radius 2 is 2.20 bits per heavy atom. The van der Waals surface area contributed by atoms with Crippen molar-refractivity contribution in [2.75, 3.05) is 0 Å². The third-order valence-corrected chi connectivity index (χ3v) is 5.33. The van der Waals surface area contributed by atoms with Crippen molar-refractivity contribution in [3.8, 4) is 5.75 Å². The van der Waals surface area contributed by atoms with E-state index in [1.165, 1.54) is 12.8 Å². The molecule has 3 rings (SSSR count). The number of rotatable bonds is 1. The molecule has 1 aliphatic heterocycles. The third kappa shape index (κ3) is 2.52. The number of carbonyl (C=O) groups excluding carboxylic acids is 1. The lowest BCUT2D eigenvalue weighted by atomic mass is 9.70. The second-order valence-electron chi connectivity index (χ2n) is 6.63. The lowest BCUT2D eigenvalue weighted by molar-refractivity contribution is -0.0116. The molecule has 0 radical (unpaired) electrons. The fraction of sp³-hybridized carbons (Fsp3) is 0.588. The van der Waals surface area contributed by atoms with Crippen LogP contribution in [0.3, 0.4) is 0 Å². The van der Waals surface area contributed by atoms with Crippen molar-refractivity contribution in [1.82, 2.24) is 0 Å². The Morgan fingerprint density at radius 3 is 2.95 bits per heavy atom. The fourth-order valence-electron chi connectivity index (χ4n) is 3.66. The molecule has 0 bridgehead atoms. The van der Waals surface area contributed by atoms with Crippen LogP contribution in [-0.4, -0.2) is 11.4 Å². The van der Waals surface area contributed by atoms with Gasteiger partial charge in [0.25, 0.3) is 0 Å². The molecule has 0 amide bonds. The van der Waals surface area contributed by atoms with Crippen molar-refractivity contribution in [2.24, 2.45) is 11.8 Å². The Balaban J connectivity index is 1.90. The summed E-state index contributed by atoms with van der Waals surface area (Å²) in [5.74, 6) is 2.34. The maximum absolute atomic E-state index is 12.5. The van der Waals surface area contributed by atoms with E-state index in [9.17, 15) is 4.79 Å². The van der Waals surface area contributed by atoms with Crippen molar-refractivity contribution in [2.45, 2.75) is 51.6 Å². The van der Waals surface area contributed by atoms with Crippen molar-refractivity contribution in [3.63, 3.8) is 0 Å². The predicted octanol–water partition coefficient (Wildman–Crippen LogP) is 5.00. The van der Waals surface area contributed by atoms with Crippen LogP contribution < -0.4 is 4.74 Å². The monoisotopic (exact) mass is 336 g/mol. The Bertz CT molecular complexity index is 538. The van der Waals surface area contributed by atoms with Crippen LogP contribution in [-0.2, 0) is 0 Å². The third-order valence-electron chi connectivity index (χ3n) is 4.84. The highest BCUT2D eigenvalue weighted by atomic mass is 79.9. The quantitative estimate of drug-likeness (QED) is 0.721. The van der Waals surface area contributed by atoms with Gasteiger partial charge in [-0.15, -0.1) is 0 Å². The second-order valence-corrected chi connectivity index (χ2v) is 7.54. The standard InChI is InChI=1S/C17H21BrO2/c1-11(2)12-4-3-7-17(9-12)10-15(19)14-8-13(18)5-6-16(14)20-17/h5-6,8,11-12H,3-4,7,9-10H2,1-2H3. The van der Waals surface area contributed by atoms with Crippen LogP contribution in [0.5, 0.6) is 5.75 Å². The molecule has 0 N–H and O–H groups in total. The summed E-state index contributed by atoms with van der Waals surface area (Å²) >= 11 is 3.43. The lowest BCUT2D eigenvalue weighted by Crippen LogP contribution is -2.46. The zero-order valence-corrected chi connectivity index (χ0v) is 13.7. The zero-order valence-electron chi connectivity index (χ0n) is 12.1. The minimum atomic E-state index is -0.245. The van der Waals surface area contributed by atoms with E-state index in [4.69, 9.17) is 4.74 Å². The molecule has 2 unspecified atom stereocenters. The lowest BCUT2D eigenvalue weighted by Gasteiger charge is -2.44. The largest absolute Gasteiger partial charge is 0.486 e. The van der Waals surface area contributed by atoms with Gasteiger partial charge < -0.3 is 4.74 Å². The average Bonchev–Trinajstić information content (AvgIpc) is 2.40. The first-order valence-corrected chi connectivity index (χ1v) is 8.30. The molecule has 20 heavy (non-hydrogen) atoms. The highest BCUT2D eigenvalue weighted by Crippen LogP contribution is 2.45.